The fraction of sp³-hybridized carbons (Fsp3) is 0.250. The van der Waals surface area contributed by atoms with Gasteiger partial charge in [0.05, 0.1) is 0 Å². The van der Waals surface area contributed by atoms with Gasteiger partial charge in [0.2, 0.25) is 0 Å². The lowest BCUT2D eigenvalue weighted by molar-refractivity contribution is 0.600. The van der Waals surface area contributed by atoms with Crippen LogP contribution in [0.15, 0.2) is 22.7 Å². The summed E-state index contributed by atoms with van der Waals surface area (Å²) in [6.45, 7) is 0.569. The molecule has 68 valence electrons. The molecule has 0 fully saturated rings. The van der Waals surface area contributed by atoms with Crippen LogP contribution in [0, 0.1) is 5.82 Å². The van der Waals surface area contributed by atoms with Crippen LogP contribution in [-0.2, 0) is 6.54 Å². The minimum atomic E-state index is -0.172. The van der Waals surface area contributed by atoms with E-state index in [2.05, 4.69) is 21.2 Å². The molecule has 1 nitrogen and oxygen atoms in total. The molecule has 1 N–H and O–H groups in total. The van der Waals surface area contributed by atoms with Crippen molar-refractivity contribution in [1.82, 2.24) is 5.32 Å². The van der Waals surface area contributed by atoms with Crippen molar-refractivity contribution in [2.75, 3.05) is 7.05 Å². The monoisotopic (exact) mass is 253 g/mol. The summed E-state index contributed by atoms with van der Waals surface area (Å²) in [4.78, 5) is 0. The van der Waals surface area contributed by atoms with E-state index in [0.29, 0.717) is 12.1 Å². The van der Waals surface area contributed by atoms with Gasteiger partial charge in [-0.05, 0) is 19.2 Å². The molecule has 4 heteroatoms. The van der Waals surface area contributed by atoms with Gasteiger partial charge in [0, 0.05) is 16.6 Å². The minimum absolute atomic E-state index is 0. The molecule has 0 aliphatic carbocycles. The van der Waals surface area contributed by atoms with Crippen LogP contribution in [0.25, 0.3) is 0 Å². The maximum atomic E-state index is 13.0. The van der Waals surface area contributed by atoms with Gasteiger partial charge < -0.3 is 5.32 Å². The number of hydrogen-bond donors (Lipinski definition) is 1. The van der Waals surface area contributed by atoms with Crippen molar-refractivity contribution in [3.8, 4) is 0 Å². The van der Waals surface area contributed by atoms with Crippen LogP contribution in [0.2, 0.25) is 0 Å². The third-order valence-electron chi connectivity index (χ3n) is 1.38. The number of hydrogen-bond acceptors (Lipinski definition) is 1. The molecular weight excluding hydrogens is 244 g/mol. The van der Waals surface area contributed by atoms with Crippen LogP contribution in [0.5, 0.6) is 0 Å². The highest BCUT2D eigenvalue weighted by Gasteiger charge is 1.99. The summed E-state index contributed by atoms with van der Waals surface area (Å²) in [7, 11) is 1.79. The Kier molecular flexibility index (Phi) is 5.46. The van der Waals surface area contributed by atoms with Crippen molar-refractivity contribution in [3.63, 3.8) is 0 Å². The highest BCUT2D eigenvalue weighted by molar-refractivity contribution is 9.10. The number of halogens is 3. The van der Waals surface area contributed by atoms with Crippen molar-refractivity contribution in [2.24, 2.45) is 0 Å². The first-order chi connectivity index (χ1) is 5.24. The first kappa shape index (κ1) is 11.9. The maximum Gasteiger partial charge on any atom is 0.128 e. The molecule has 1 aromatic rings. The van der Waals surface area contributed by atoms with E-state index in [-0.39, 0.29) is 18.2 Å². The van der Waals surface area contributed by atoms with Gasteiger partial charge in [0.15, 0.2) is 0 Å². The predicted molar refractivity (Wildman–Crippen MR) is 54.1 cm³/mol. The summed E-state index contributed by atoms with van der Waals surface area (Å²) in [5.41, 5.74) is 0.690. The quantitative estimate of drug-likeness (QED) is 0.856. The van der Waals surface area contributed by atoms with Gasteiger partial charge in [-0.1, -0.05) is 22.0 Å². The van der Waals surface area contributed by atoms with Gasteiger partial charge >= 0.3 is 0 Å². The van der Waals surface area contributed by atoms with E-state index in [1.165, 1.54) is 6.07 Å². The van der Waals surface area contributed by atoms with Crippen LogP contribution in [0.4, 0.5) is 4.39 Å². The molecule has 0 amide bonds. The average Bonchev–Trinajstić information content (AvgIpc) is 1.95. The highest BCUT2D eigenvalue weighted by atomic mass is 79.9. The molecule has 0 aliphatic heterocycles. The van der Waals surface area contributed by atoms with E-state index >= 15 is 0 Å². The summed E-state index contributed by atoms with van der Waals surface area (Å²) in [6.07, 6.45) is 0. The zero-order valence-corrected chi connectivity index (χ0v) is 9.01. The summed E-state index contributed by atoms with van der Waals surface area (Å²) in [6, 6.07) is 5.05. The molecule has 0 saturated heterocycles. The summed E-state index contributed by atoms with van der Waals surface area (Å²) in [5.74, 6) is -0.172. The van der Waals surface area contributed by atoms with Crippen molar-refractivity contribution in [1.29, 1.82) is 0 Å². The Morgan fingerprint density at radius 1 is 1.50 bits per heavy atom. The second-order valence-corrected chi connectivity index (χ2v) is 3.18. The predicted octanol–water partition coefficient (Wildman–Crippen LogP) is 2.73. The summed E-state index contributed by atoms with van der Waals surface area (Å²) < 4.78 is 13.7. The third-order valence-corrected chi connectivity index (χ3v) is 1.88. The molecule has 0 spiro atoms. The maximum absolute atomic E-state index is 13.0. The van der Waals surface area contributed by atoms with Crippen LogP contribution in [-0.4, -0.2) is 7.05 Å². The summed E-state index contributed by atoms with van der Waals surface area (Å²) >= 11 is 3.19. The molecule has 0 aromatic heterocycles. The summed E-state index contributed by atoms with van der Waals surface area (Å²) in [5, 5.41) is 2.89. The van der Waals surface area contributed by atoms with E-state index in [1.54, 1.807) is 13.1 Å². The Bertz CT molecular complexity index is 255. The molecular formula is C8H10BrClFN. The normalized spacial score (nSPS) is 9.25. The van der Waals surface area contributed by atoms with E-state index < -0.39 is 0 Å². The Labute approximate surface area is 85.9 Å². The van der Waals surface area contributed by atoms with Crippen LogP contribution < -0.4 is 5.32 Å². The van der Waals surface area contributed by atoms with Gasteiger partial charge in [-0.25, -0.2) is 4.39 Å². The van der Waals surface area contributed by atoms with E-state index in [0.717, 1.165) is 4.47 Å². The fourth-order valence-corrected chi connectivity index (χ4v) is 1.19. The van der Waals surface area contributed by atoms with Crippen molar-refractivity contribution >= 4 is 28.3 Å². The zero-order chi connectivity index (χ0) is 8.27. The SMILES string of the molecule is CNCc1ccc(Br)cc1F.Cl. The highest BCUT2D eigenvalue weighted by Crippen LogP contribution is 2.14. The Hall–Kier alpha value is -0.120. The molecule has 1 rings (SSSR count). The van der Waals surface area contributed by atoms with E-state index in [4.69, 9.17) is 0 Å². The fourth-order valence-electron chi connectivity index (χ4n) is 0.855. The van der Waals surface area contributed by atoms with Gasteiger partial charge in [-0.2, -0.15) is 0 Å². The molecule has 0 aliphatic rings. The standard InChI is InChI=1S/C8H9BrFN.ClH/c1-11-5-6-2-3-7(9)4-8(6)10;/h2-4,11H,5H2,1H3;1H. The number of rotatable bonds is 2. The number of nitrogens with one attached hydrogen (secondary N) is 1. The average molecular weight is 255 g/mol. The first-order valence-corrected chi connectivity index (χ1v) is 4.12. The van der Waals surface area contributed by atoms with Gasteiger partial charge in [0.1, 0.15) is 5.82 Å². The van der Waals surface area contributed by atoms with Crippen LogP contribution in [0.1, 0.15) is 5.56 Å². The van der Waals surface area contributed by atoms with Crippen molar-refractivity contribution in [2.45, 2.75) is 6.54 Å². The van der Waals surface area contributed by atoms with Crippen molar-refractivity contribution in [3.05, 3.63) is 34.1 Å². The second kappa shape index (κ2) is 5.51. The van der Waals surface area contributed by atoms with E-state index in [9.17, 15) is 4.39 Å². The Morgan fingerprint density at radius 2 is 2.17 bits per heavy atom. The third kappa shape index (κ3) is 3.09. The topological polar surface area (TPSA) is 12.0 Å². The molecule has 1 aromatic carbocycles. The molecule has 0 radical (unpaired) electrons. The number of benzene rings is 1. The lowest BCUT2D eigenvalue weighted by Crippen LogP contribution is -2.06. The molecule has 0 bridgehead atoms. The molecule has 12 heavy (non-hydrogen) atoms. The Balaban J connectivity index is 0.00000121. The smallest absolute Gasteiger partial charge is 0.128 e. The van der Waals surface area contributed by atoms with Crippen LogP contribution >= 0.6 is 28.3 Å². The zero-order valence-electron chi connectivity index (χ0n) is 6.60. The second-order valence-electron chi connectivity index (χ2n) is 2.27. The molecule has 0 atom stereocenters. The lowest BCUT2D eigenvalue weighted by atomic mass is 10.2. The molecule has 0 heterocycles. The first-order valence-electron chi connectivity index (χ1n) is 3.32. The van der Waals surface area contributed by atoms with Gasteiger partial charge in [0.25, 0.3) is 0 Å². The van der Waals surface area contributed by atoms with Gasteiger partial charge in [-0.15, -0.1) is 12.4 Å². The Morgan fingerprint density at radius 3 is 2.67 bits per heavy atom. The van der Waals surface area contributed by atoms with Gasteiger partial charge in [-0.3, -0.25) is 0 Å². The molecule has 0 unspecified atom stereocenters. The van der Waals surface area contributed by atoms with E-state index in [1.807, 2.05) is 6.07 Å². The molecule has 0 saturated carbocycles. The van der Waals surface area contributed by atoms with Crippen LogP contribution in [0.3, 0.4) is 0 Å². The van der Waals surface area contributed by atoms with Crippen molar-refractivity contribution < 1.29 is 4.39 Å². The largest absolute Gasteiger partial charge is 0.316 e. The lowest BCUT2D eigenvalue weighted by Gasteiger charge is -2.01. The minimum Gasteiger partial charge on any atom is -0.316 e.